The minimum atomic E-state index is -2.62. The number of methoxy groups -OCH3 is 4. The third-order valence-corrected chi connectivity index (χ3v) is 20.5. The standard InChI is InChI=1S/C19H17N3O3.C18H15N3O2.2C17H12BrN3O2.C17H13N3O/c1-11-12(10-23)3-8-15-17(11)20-9-16-18(15)21-22(19(16)24)13-4-6-14(25-2)7-5-13;1-11-7-8-14-12(9-11)17-13(10-19-14)18(22)21(20-17)15-5-3-4-6-16(15)23-2;1-23-12-4-2-3-11(8-12)21-17(22)14-9-19-15-7-10(18)5-6-13(15)16(14)20-21;1-23-15-5-3-2-4-14(15)21-17(22)12-9-19-13-8-10(18)6-7-11(13)16(12)20-21;1-11-7-8-13-15(9-11)18-10-14-16(13)19-20(17(14)21)12-5-3-2-4-6-12/h3-9,21,23H,10H2,1-2H3;3-10,20H,1-2H3;2*2-9,20H,1H3;2-10,19H,1H3/i;2D3;2*1D3;. The van der Waals surface area contributed by atoms with Gasteiger partial charge in [0, 0.05) is 72.9 Å². The van der Waals surface area contributed by atoms with Crippen LogP contribution in [0.15, 0.2) is 276 Å². The lowest BCUT2D eigenvalue weighted by Crippen LogP contribution is -2.15. The van der Waals surface area contributed by atoms with Crippen molar-refractivity contribution in [3.8, 4) is 51.4 Å². The highest BCUT2D eigenvalue weighted by atomic mass is 79.9. The largest absolute Gasteiger partial charge is 0.497 e. The van der Waals surface area contributed by atoms with Crippen LogP contribution in [-0.4, -0.2) is 107 Å². The van der Waals surface area contributed by atoms with E-state index in [0.29, 0.717) is 60.5 Å². The van der Waals surface area contributed by atoms with Gasteiger partial charge in [0.05, 0.1) is 146 Å². The van der Waals surface area contributed by atoms with Gasteiger partial charge in [0.1, 0.15) is 34.4 Å². The van der Waals surface area contributed by atoms with Crippen LogP contribution in [-0.2, 0) is 6.61 Å². The van der Waals surface area contributed by atoms with Crippen LogP contribution in [0.3, 0.4) is 0 Å². The highest BCUT2D eigenvalue weighted by Gasteiger charge is 2.20. The van der Waals surface area contributed by atoms with E-state index in [1.807, 2.05) is 148 Å². The number of aromatic nitrogens is 15. The highest BCUT2D eigenvalue weighted by molar-refractivity contribution is 9.10. The van der Waals surface area contributed by atoms with Crippen LogP contribution in [0.2, 0.25) is 0 Å². The van der Waals surface area contributed by atoms with E-state index in [1.165, 1.54) is 61.6 Å². The van der Waals surface area contributed by atoms with Crippen LogP contribution in [0, 0.1) is 20.8 Å². The second-order valence-electron chi connectivity index (χ2n) is 26.5. The first-order chi connectivity index (χ1) is 59.4. The zero-order chi connectivity index (χ0) is 87.4. The lowest BCUT2D eigenvalue weighted by molar-refractivity contribution is 0.281. The first kappa shape index (κ1) is 64.4. The molecule has 0 fully saturated rings. The summed E-state index contributed by atoms with van der Waals surface area (Å²) in [6.07, 6.45) is 7.80. The van der Waals surface area contributed by atoms with Gasteiger partial charge in [-0.25, -0.2) is 23.4 Å². The Labute approximate surface area is 680 Å². The van der Waals surface area contributed by atoms with Crippen LogP contribution in [0.25, 0.3) is 137 Å². The number of aromatic amines is 5. The van der Waals surface area contributed by atoms with Crippen molar-refractivity contribution in [1.29, 1.82) is 0 Å². The second-order valence-corrected chi connectivity index (χ2v) is 28.4. The van der Waals surface area contributed by atoms with Crippen molar-refractivity contribution >= 4 is 141 Å². The Morgan fingerprint density at radius 3 is 1.30 bits per heavy atom. The summed E-state index contributed by atoms with van der Waals surface area (Å²) in [7, 11) is -6.19. The number of aryl methyl sites for hydroxylation is 3. The Balaban J connectivity index is 0.000000115. The van der Waals surface area contributed by atoms with Crippen molar-refractivity contribution in [2.24, 2.45) is 0 Å². The molecule has 570 valence electrons. The summed E-state index contributed by atoms with van der Waals surface area (Å²) in [6, 6.07) is 62.9. The summed E-state index contributed by atoms with van der Waals surface area (Å²) in [5, 5.41) is 31.7. The molecule has 10 heterocycles. The zero-order valence-electron chi connectivity index (χ0n) is 70.2. The fraction of sp³-hybridized carbons (Fsp3) is 0.0909. The molecule has 0 saturated carbocycles. The normalized spacial score (nSPS) is 12.7. The van der Waals surface area contributed by atoms with Gasteiger partial charge in [0.2, 0.25) is 0 Å². The second kappa shape index (κ2) is 31.5. The zero-order valence-corrected chi connectivity index (χ0v) is 64.3. The van der Waals surface area contributed by atoms with Crippen molar-refractivity contribution in [1.82, 2.24) is 73.8 Å². The van der Waals surface area contributed by atoms with Crippen LogP contribution < -0.4 is 46.7 Å². The third kappa shape index (κ3) is 14.1. The molecule has 0 bridgehead atoms. The fourth-order valence-electron chi connectivity index (χ4n) is 13.7. The highest BCUT2D eigenvalue weighted by Crippen LogP contribution is 2.32. The van der Waals surface area contributed by atoms with E-state index in [9.17, 15) is 29.1 Å². The van der Waals surface area contributed by atoms with E-state index in [-0.39, 0.29) is 51.7 Å². The molecular weight excluding hydrogens is 1590 g/mol. The molecule has 20 rings (SSSR count). The number of rotatable bonds is 10. The molecule has 115 heavy (non-hydrogen) atoms. The number of para-hydroxylation sites is 5. The van der Waals surface area contributed by atoms with Crippen LogP contribution in [0.4, 0.5) is 0 Å². The van der Waals surface area contributed by atoms with E-state index >= 15 is 0 Å². The number of halogens is 2. The summed E-state index contributed by atoms with van der Waals surface area (Å²) < 4.78 is 94.4. The quantitative estimate of drug-likeness (QED) is 0.0741. The number of ether oxygens (including phenoxy) is 4. The maximum absolute atomic E-state index is 12.9. The van der Waals surface area contributed by atoms with Gasteiger partial charge in [0.25, 0.3) is 27.8 Å². The van der Waals surface area contributed by atoms with Crippen LogP contribution >= 0.6 is 31.9 Å². The number of hydrogen-bond donors (Lipinski definition) is 6. The molecule has 10 aromatic carbocycles. The fourth-order valence-corrected chi connectivity index (χ4v) is 14.4. The van der Waals surface area contributed by atoms with Gasteiger partial charge in [-0.3, -0.25) is 74.4 Å². The monoisotopic (exact) mass is 1660 g/mol. The van der Waals surface area contributed by atoms with Gasteiger partial charge in [-0.15, -0.1) is 0 Å². The molecule has 0 amide bonds. The van der Waals surface area contributed by atoms with Crippen molar-refractivity contribution in [3.63, 3.8) is 0 Å². The average molecular weight is 1670 g/mol. The number of benzene rings is 10. The number of aliphatic hydroxyl groups excluding tert-OH is 1. The number of hydrogen-bond acceptors (Lipinski definition) is 15. The Kier molecular flexibility index (Phi) is 17.6. The van der Waals surface area contributed by atoms with Crippen molar-refractivity contribution in [3.05, 3.63) is 326 Å². The van der Waals surface area contributed by atoms with E-state index in [0.717, 1.165) is 114 Å². The van der Waals surface area contributed by atoms with Gasteiger partial charge in [-0.05, 0) is 165 Å². The number of aliphatic hydroxyl groups is 1. The number of nitrogens with zero attached hydrogens (tertiary/aromatic N) is 10. The molecule has 0 aliphatic heterocycles. The molecule has 25 nitrogen and oxygen atoms in total. The molecular formula is C88H69Br2N15O10. The average Bonchev–Trinajstić information content (AvgIpc) is 1.57. The topological polar surface area (TPSA) is 311 Å². The summed E-state index contributed by atoms with van der Waals surface area (Å²) in [5.41, 5.74) is 12.8. The van der Waals surface area contributed by atoms with E-state index < -0.39 is 21.1 Å². The van der Waals surface area contributed by atoms with E-state index in [1.54, 1.807) is 84.8 Å². The molecule has 0 spiro atoms. The number of nitrogens with one attached hydrogen (secondary N) is 5. The van der Waals surface area contributed by atoms with Crippen LogP contribution in [0.1, 0.15) is 34.6 Å². The maximum atomic E-state index is 12.9. The van der Waals surface area contributed by atoms with Gasteiger partial charge in [0.15, 0.2) is 0 Å². The van der Waals surface area contributed by atoms with Gasteiger partial charge >= 0.3 is 0 Å². The summed E-state index contributed by atoms with van der Waals surface area (Å²) in [6.45, 7) is 5.88. The van der Waals surface area contributed by atoms with Crippen LogP contribution in [0.5, 0.6) is 23.0 Å². The molecule has 6 N–H and O–H groups in total. The number of H-pyrrole nitrogens is 5. The van der Waals surface area contributed by atoms with E-state index in [2.05, 4.69) is 82.3 Å². The smallest absolute Gasteiger partial charge is 0.280 e. The lowest BCUT2D eigenvalue weighted by Gasteiger charge is -2.07. The molecule has 0 aliphatic carbocycles. The molecule has 0 atom stereocenters. The summed E-state index contributed by atoms with van der Waals surface area (Å²) in [5.74, 6) is 1.06. The molecule has 0 radical (unpaired) electrons. The first-order valence-corrected chi connectivity index (χ1v) is 37.0. The Morgan fingerprint density at radius 1 is 0.357 bits per heavy atom. The third-order valence-electron chi connectivity index (χ3n) is 19.5. The summed E-state index contributed by atoms with van der Waals surface area (Å²) in [4.78, 5) is 85.6. The maximum Gasteiger partial charge on any atom is 0.280 e. The van der Waals surface area contributed by atoms with Crippen molar-refractivity contribution in [2.45, 2.75) is 27.4 Å². The van der Waals surface area contributed by atoms with Gasteiger partial charge < -0.3 is 24.1 Å². The summed E-state index contributed by atoms with van der Waals surface area (Å²) >= 11 is 6.81. The molecule has 0 unspecified atom stereocenters. The van der Waals surface area contributed by atoms with E-state index in [4.69, 9.17) is 31.3 Å². The Bertz CT molecular complexity index is 7890. The molecule has 20 aromatic rings. The predicted octanol–water partition coefficient (Wildman–Crippen LogP) is 16.3. The predicted molar refractivity (Wildman–Crippen MR) is 458 cm³/mol. The van der Waals surface area contributed by atoms with Crippen molar-refractivity contribution in [2.75, 3.05) is 28.2 Å². The van der Waals surface area contributed by atoms with Crippen molar-refractivity contribution < 1.29 is 36.4 Å². The molecule has 10 aromatic heterocycles. The van der Waals surface area contributed by atoms with Gasteiger partial charge in [-0.1, -0.05) is 116 Å². The number of pyridine rings is 5. The lowest BCUT2D eigenvalue weighted by atomic mass is 10.0. The molecule has 0 aliphatic rings. The molecule has 27 heteroatoms. The minimum absolute atomic E-state index is 0.0368. The number of fused-ring (bicyclic) bond motifs is 15. The van der Waals surface area contributed by atoms with Gasteiger partial charge in [-0.2, -0.15) is 0 Å². The molecule has 0 saturated heterocycles. The Hall–Kier alpha value is -14.3. The Morgan fingerprint density at radius 2 is 0.774 bits per heavy atom. The SMILES string of the molecule is COc1ccc(-n2[nH]c3c(cnc4c(C)c(CO)ccc43)c2=O)cc1.Cc1ccc2c(c1)ncc1c(=O)n(-c3ccccc3)[nH]c12.[2H]C([2H])([2H])Oc1cccc(-n2[nH]c3c(cnc4cc(Br)ccc43)c2=O)c1.[2H]C([2H])([2H])Oc1ccccc1-n1[nH]c2c(cnc3cc(Br)ccc32)c1=O.[2H]C([2H])([2H])Oc1ccccc1-n1[nH]c2c(cnc3ccc(C)cc32)c1=O. The first-order valence-electron chi connectivity index (χ1n) is 39.9. The minimum Gasteiger partial charge on any atom is -0.497 e.